The Bertz CT molecular complexity index is 638. The molecule has 0 bridgehead atoms. The summed E-state index contributed by atoms with van der Waals surface area (Å²) < 4.78 is 0. The lowest BCUT2D eigenvalue weighted by Gasteiger charge is -2.31. The summed E-state index contributed by atoms with van der Waals surface area (Å²) in [5, 5.41) is 0. The zero-order valence-electron chi connectivity index (χ0n) is 14.0. The highest BCUT2D eigenvalue weighted by molar-refractivity contribution is 5.48. The first-order chi connectivity index (χ1) is 11.2. The van der Waals surface area contributed by atoms with Gasteiger partial charge in [0, 0.05) is 11.4 Å². The molecular formula is C19H25N4+. The molecule has 23 heavy (non-hydrogen) atoms. The summed E-state index contributed by atoms with van der Waals surface area (Å²) in [6.45, 7) is 9.47. The number of hydrogen-bond acceptors (Lipinski definition) is 3. The van der Waals surface area contributed by atoms with Crippen LogP contribution in [0, 0.1) is 13.8 Å². The summed E-state index contributed by atoms with van der Waals surface area (Å²) >= 11 is 0. The minimum Gasteiger partial charge on any atom is -0.330 e. The van der Waals surface area contributed by atoms with Crippen LogP contribution in [0.1, 0.15) is 17.0 Å². The number of aryl methyl sites for hydroxylation is 2. The quantitative estimate of drug-likeness (QED) is 0.929. The van der Waals surface area contributed by atoms with E-state index in [2.05, 4.69) is 57.4 Å². The number of benzene rings is 1. The van der Waals surface area contributed by atoms with E-state index in [1.165, 1.54) is 5.56 Å². The van der Waals surface area contributed by atoms with Gasteiger partial charge in [0.2, 0.25) is 5.95 Å². The van der Waals surface area contributed by atoms with Crippen molar-refractivity contribution in [1.29, 1.82) is 0 Å². The Labute approximate surface area is 138 Å². The Morgan fingerprint density at radius 3 is 2.35 bits per heavy atom. The minimum absolute atomic E-state index is 0.890. The zero-order chi connectivity index (χ0) is 16.1. The van der Waals surface area contributed by atoms with Gasteiger partial charge in [-0.3, -0.25) is 0 Å². The highest BCUT2D eigenvalue weighted by atomic mass is 15.3. The second-order valence-electron chi connectivity index (χ2n) is 6.20. The van der Waals surface area contributed by atoms with Gasteiger partial charge in [-0.1, -0.05) is 36.4 Å². The summed E-state index contributed by atoms with van der Waals surface area (Å²) in [4.78, 5) is 13.1. The van der Waals surface area contributed by atoms with Crippen LogP contribution in [0.2, 0.25) is 0 Å². The van der Waals surface area contributed by atoms with Crippen molar-refractivity contribution in [3.05, 3.63) is 59.4 Å². The second kappa shape index (κ2) is 7.38. The molecule has 1 aliphatic heterocycles. The number of aromatic nitrogens is 2. The maximum Gasteiger partial charge on any atom is 0.226 e. The van der Waals surface area contributed by atoms with Gasteiger partial charge in [0.1, 0.15) is 0 Å². The highest BCUT2D eigenvalue weighted by Crippen LogP contribution is 2.09. The van der Waals surface area contributed by atoms with Crippen molar-refractivity contribution in [2.45, 2.75) is 13.8 Å². The van der Waals surface area contributed by atoms with Gasteiger partial charge in [-0.25, -0.2) is 9.97 Å². The lowest BCUT2D eigenvalue weighted by Crippen LogP contribution is -3.14. The van der Waals surface area contributed by atoms with Gasteiger partial charge in [0.05, 0.1) is 32.7 Å². The van der Waals surface area contributed by atoms with E-state index in [0.717, 1.165) is 50.1 Å². The predicted molar refractivity (Wildman–Crippen MR) is 94.8 cm³/mol. The fourth-order valence-corrected chi connectivity index (χ4v) is 3.00. The minimum atomic E-state index is 0.890. The van der Waals surface area contributed by atoms with Crippen LogP contribution in [-0.4, -0.2) is 42.7 Å². The van der Waals surface area contributed by atoms with E-state index in [9.17, 15) is 0 Å². The smallest absolute Gasteiger partial charge is 0.226 e. The average molecular weight is 309 g/mol. The molecule has 4 nitrogen and oxygen atoms in total. The van der Waals surface area contributed by atoms with Crippen molar-refractivity contribution in [3.63, 3.8) is 0 Å². The van der Waals surface area contributed by atoms with Crippen molar-refractivity contribution in [2.24, 2.45) is 0 Å². The molecular weight excluding hydrogens is 284 g/mol. The summed E-state index contributed by atoms with van der Waals surface area (Å²) in [5.74, 6) is 0.890. The molecule has 1 aliphatic rings. The van der Waals surface area contributed by atoms with E-state index in [4.69, 9.17) is 0 Å². The van der Waals surface area contributed by atoms with Crippen molar-refractivity contribution in [3.8, 4) is 0 Å². The van der Waals surface area contributed by atoms with E-state index in [1.54, 1.807) is 4.90 Å². The van der Waals surface area contributed by atoms with Crippen LogP contribution in [0.4, 0.5) is 5.95 Å². The number of nitrogens with zero attached hydrogens (tertiary/aromatic N) is 3. The van der Waals surface area contributed by atoms with Crippen LogP contribution < -0.4 is 9.80 Å². The maximum absolute atomic E-state index is 4.58. The van der Waals surface area contributed by atoms with Crippen LogP contribution in [0.5, 0.6) is 0 Å². The van der Waals surface area contributed by atoms with Gasteiger partial charge in [0.15, 0.2) is 0 Å². The Morgan fingerprint density at radius 1 is 1.04 bits per heavy atom. The van der Waals surface area contributed by atoms with Gasteiger partial charge in [-0.05, 0) is 31.6 Å². The van der Waals surface area contributed by atoms with Crippen molar-refractivity contribution in [2.75, 3.05) is 37.6 Å². The van der Waals surface area contributed by atoms with Gasteiger partial charge < -0.3 is 9.80 Å². The topological polar surface area (TPSA) is 33.5 Å². The maximum atomic E-state index is 4.58. The molecule has 1 saturated heterocycles. The first-order valence-electron chi connectivity index (χ1n) is 8.33. The number of rotatable bonds is 4. The second-order valence-corrected chi connectivity index (χ2v) is 6.20. The molecule has 3 rings (SSSR count). The summed E-state index contributed by atoms with van der Waals surface area (Å²) in [5.41, 5.74) is 3.37. The molecule has 4 heteroatoms. The van der Waals surface area contributed by atoms with E-state index in [1.807, 2.05) is 19.9 Å². The van der Waals surface area contributed by atoms with Gasteiger partial charge in [0.25, 0.3) is 0 Å². The Kier molecular flexibility index (Phi) is 5.03. The molecule has 1 aromatic carbocycles. The van der Waals surface area contributed by atoms with Gasteiger partial charge in [-0.2, -0.15) is 0 Å². The lowest BCUT2D eigenvalue weighted by atomic mass is 10.2. The normalized spacial score (nSPS) is 16.2. The van der Waals surface area contributed by atoms with Gasteiger partial charge >= 0.3 is 0 Å². The number of anilines is 1. The SMILES string of the molecule is Cc1cc(C)nc(N2CC[NH+](C/C=C/c3ccccc3)CC2)n1. The van der Waals surface area contributed by atoms with Crippen LogP contribution in [0.3, 0.4) is 0 Å². The van der Waals surface area contributed by atoms with E-state index in [0.29, 0.717) is 0 Å². The Balaban J connectivity index is 1.51. The van der Waals surface area contributed by atoms with E-state index < -0.39 is 0 Å². The largest absolute Gasteiger partial charge is 0.330 e. The van der Waals surface area contributed by atoms with Crippen molar-refractivity contribution < 1.29 is 4.90 Å². The first kappa shape index (κ1) is 15.7. The number of nitrogens with one attached hydrogen (secondary N) is 1. The molecule has 2 aromatic rings. The van der Waals surface area contributed by atoms with Crippen molar-refractivity contribution >= 4 is 12.0 Å². The average Bonchev–Trinajstić information content (AvgIpc) is 2.56. The molecule has 1 N–H and O–H groups in total. The molecule has 0 saturated carbocycles. The molecule has 0 radical (unpaired) electrons. The summed E-state index contributed by atoms with van der Waals surface area (Å²) in [6.07, 6.45) is 4.50. The fourth-order valence-electron chi connectivity index (χ4n) is 3.00. The van der Waals surface area contributed by atoms with E-state index >= 15 is 0 Å². The first-order valence-corrected chi connectivity index (χ1v) is 8.33. The lowest BCUT2D eigenvalue weighted by molar-refractivity contribution is -0.894. The molecule has 1 aromatic heterocycles. The van der Waals surface area contributed by atoms with Crippen LogP contribution in [0.15, 0.2) is 42.5 Å². The zero-order valence-corrected chi connectivity index (χ0v) is 14.0. The van der Waals surface area contributed by atoms with Crippen LogP contribution in [0.25, 0.3) is 6.08 Å². The molecule has 0 spiro atoms. The molecule has 0 aliphatic carbocycles. The third kappa shape index (κ3) is 4.39. The monoisotopic (exact) mass is 309 g/mol. The highest BCUT2D eigenvalue weighted by Gasteiger charge is 2.21. The Hall–Kier alpha value is -2.20. The third-order valence-electron chi connectivity index (χ3n) is 4.24. The van der Waals surface area contributed by atoms with Crippen LogP contribution in [-0.2, 0) is 0 Å². The molecule has 0 atom stereocenters. The van der Waals surface area contributed by atoms with E-state index in [-0.39, 0.29) is 0 Å². The number of piperazine rings is 1. The summed E-state index contributed by atoms with van der Waals surface area (Å²) in [7, 11) is 0. The predicted octanol–water partition coefficient (Wildman–Crippen LogP) is 1.51. The molecule has 1 fully saturated rings. The number of quaternary nitrogens is 1. The standard InChI is InChI=1S/C19H24N4/c1-16-15-17(2)21-19(20-16)23-13-11-22(12-14-23)10-6-9-18-7-4-3-5-8-18/h3-9,15H,10-14H2,1-2H3/p+1/b9-6+. The molecule has 0 unspecified atom stereocenters. The number of hydrogen-bond donors (Lipinski definition) is 1. The fraction of sp³-hybridized carbons (Fsp3) is 0.368. The van der Waals surface area contributed by atoms with Crippen molar-refractivity contribution in [1.82, 2.24) is 9.97 Å². The summed E-state index contributed by atoms with van der Waals surface area (Å²) in [6, 6.07) is 12.5. The van der Waals surface area contributed by atoms with Gasteiger partial charge in [-0.15, -0.1) is 0 Å². The third-order valence-corrected chi connectivity index (χ3v) is 4.24. The molecule has 2 heterocycles. The van der Waals surface area contributed by atoms with Crippen LogP contribution >= 0.6 is 0 Å². The Morgan fingerprint density at radius 2 is 1.70 bits per heavy atom. The molecule has 120 valence electrons. The molecule has 0 amide bonds.